The summed E-state index contributed by atoms with van der Waals surface area (Å²) in [5, 5.41) is 8.34. The van der Waals surface area contributed by atoms with Crippen LogP contribution < -0.4 is 0 Å². The van der Waals surface area contributed by atoms with Crippen molar-refractivity contribution in [3.05, 3.63) is 0 Å². The molecule has 0 bridgehead atoms. The summed E-state index contributed by atoms with van der Waals surface area (Å²) in [6.07, 6.45) is 2.54. The molecule has 0 radical (unpaired) electrons. The van der Waals surface area contributed by atoms with Crippen LogP contribution in [0.3, 0.4) is 0 Å². The number of carbonyl (C=O) groups excluding carboxylic acids is 1. The van der Waals surface area contributed by atoms with E-state index in [4.69, 9.17) is 10.00 Å². The summed E-state index contributed by atoms with van der Waals surface area (Å²) in [4.78, 5) is 19.6. The number of aliphatic hydroxyl groups excluding tert-OH is 1. The number of unbranched alkanes of at least 4 members (excludes halogenated alkanes) is 2. The second-order valence-corrected chi connectivity index (χ2v) is 4.43. The van der Waals surface area contributed by atoms with E-state index in [1.807, 2.05) is 6.92 Å². The standard InChI is InChI=1S/C8H17O6P/c1-2-3-4-5-13-15(11,12)14-7-8(10)6-9/h9H,2-7H2,1H3,(H,11,12). The molecule has 7 heteroatoms. The average Bonchev–Trinajstić information content (AvgIpc) is 2.21. The molecule has 0 aromatic carbocycles. The number of Topliss-reactive ketones (excluding diaryl/α,β-unsaturated/α-hetero) is 1. The third-order valence-corrected chi connectivity index (χ3v) is 2.53. The fourth-order valence-electron chi connectivity index (χ4n) is 0.768. The second kappa shape index (κ2) is 7.96. The lowest BCUT2D eigenvalue weighted by Gasteiger charge is -2.10. The van der Waals surface area contributed by atoms with Crippen LogP contribution in [-0.2, 0) is 18.4 Å². The molecular weight excluding hydrogens is 223 g/mol. The maximum atomic E-state index is 11.1. The molecule has 15 heavy (non-hydrogen) atoms. The van der Waals surface area contributed by atoms with Crippen molar-refractivity contribution in [3.8, 4) is 0 Å². The van der Waals surface area contributed by atoms with E-state index in [9.17, 15) is 9.36 Å². The average molecular weight is 240 g/mol. The van der Waals surface area contributed by atoms with Gasteiger partial charge in [0.05, 0.1) is 6.61 Å². The van der Waals surface area contributed by atoms with Crippen LogP contribution in [0.4, 0.5) is 0 Å². The molecule has 6 nitrogen and oxygen atoms in total. The van der Waals surface area contributed by atoms with E-state index in [-0.39, 0.29) is 6.61 Å². The lowest BCUT2D eigenvalue weighted by atomic mass is 10.3. The van der Waals surface area contributed by atoms with Crippen LogP contribution in [-0.4, -0.2) is 35.6 Å². The van der Waals surface area contributed by atoms with E-state index in [1.54, 1.807) is 0 Å². The molecule has 0 aliphatic heterocycles. The van der Waals surface area contributed by atoms with Crippen molar-refractivity contribution in [2.75, 3.05) is 19.8 Å². The minimum Gasteiger partial charge on any atom is -0.388 e. The molecule has 0 rings (SSSR count). The highest BCUT2D eigenvalue weighted by Crippen LogP contribution is 2.43. The Bertz CT molecular complexity index is 229. The van der Waals surface area contributed by atoms with Gasteiger partial charge in [0.1, 0.15) is 13.2 Å². The maximum absolute atomic E-state index is 11.1. The Kier molecular flexibility index (Phi) is 7.82. The SMILES string of the molecule is CCCCCOP(=O)(O)OCC(=O)CO. The minimum atomic E-state index is -4.13. The molecule has 0 saturated carbocycles. The first-order valence-electron chi connectivity index (χ1n) is 4.76. The summed E-state index contributed by atoms with van der Waals surface area (Å²) < 4.78 is 20.0. The van der Waals surface area contributed by atoms with Crippen LogP contribution in [0.5, 0.6) is 0 Å². The van der Waals surface area contributed by atoms with Crippen molar-refractivity contribution >= 4 is 13.6 Å². The normalized spacial score (nSPS) is 14.9. The second-order valence-electron chi connectivity index (χ2n) is 2.98. The van der Waals surface area contributed by atoms with Gasteiger partial charge in [-0.2, -0.15) is 0 Å². The summed E-state index contributed by atoms with van der Waals surface area (Å²) in [7, 11) is -4.13. The van der Waals surface area contributed by atoms with Crippen molar-refractivity contribution in [2.45, 2.75) is 26.2 Å². The van der Waals surface area contributed by atoms with Gasteiger partial charge in [-0.25, -0.2) is 4.57 Å². The number of phosphoric acid groups is 1. The fourth-order valence-corrected chi connectivity index (χ4v) is 1.51. The zero-order valence-electron chi connectivity index (χ0n) is 8.72. The van der Waals surface area contributed by atoms with Gasteiger partial charge in [0.2, 0.25) is 0 Å². The van der Waals surface area contributed by atoms with E-state index in [0.717, 1.165) is 12.8 Å². The van der Waals surface area contributed by atoms with Crippen LogP contribution in [0.1, 0.15) is 26.2 Å². The first kappa shape index (κ1) is 14.7. The number of ketones is 1. The molecule has 0 spiro atoms. The number of carbonyl (C=O) groups is 1. The largest absolute Gasteiger partial charge is 0.472 e. The van der Waals surface area contributed by atoms with Gasteiger partial charge >= 0.3 is 7.82 Å². The molecule has 0 saturated heterocycles. The molecule has 0 aromatic rings. The highest BCUT2D eigenvalue weighted by molar-refractivity contribution is 7.47. The van der Waals surface area contributed by atoms with Crippen LogP contribution in [0.2, 0.25) is 0 Å². The van der Waals surface area contributed by atoms with Gasteiger partial charge in [0, 0.05) is 0 Å². The van der Waals surface area contributed by atoms with Gasteiger partial charge in [0.25, 0.3) is 0 Å². The van der Waals surface area contributed by atoms with Crippen molar-refractivity contribution < 1.29 is 28.4 Å². The highest BCUT2D eigenvalue weighted by atomic mass is 31.2. The Hall–Kier alpha value is -0.260. The summed E-state index contributed by atoms with van der Waals surface area (Å²) in [5.74, 6) is -0.665. The first-order valence-corrected chi connectivity index (χ1v) is 6.26. The molecule has 0 aliphatic carbocycles. The van der Waals surface area contributed by atoms with Crippen molar-refractivity contribution in [1.29, 1.82) is 0 Å². The van der Waals surface area contributed by atoms with E-state index in [1.165, 1.54) is 0 Å². The minimum absolute atomic E-state index is 0.120. The number of phosphoric ester groups is 1. The predicted octanol–water partition coefficient (Wildman–Crippen LogP) is 0.872. The van der Waals surface area contributed by atoms with Gasteiger partial charge in [-0.1, -0.05) is 19.8 Å². The summed E-state index contributed by atoms with van der Waals surface area (Å²) in [5.41, 5.74) is 0. The molecule has 2 N–H and O–H groups in total. The highest BCUT2D eigenvalue weighted by Gasteiger charge is 2.21. The molecule has 1 unspecified atom stereocenters. The van der Waals surface area contributed by atoms with Gasteiger partial charge < -0.3 is 10.00 Å². The lowest BCUT2D eigenvalue weighted by Crippen LogP contribution is -2.12. The Morgan fingerprint density at radius 1 is 1.33 bits per heavy atom. The van der Waals surface area contributed by atoms with Gasteiger partial charge in [-0.15, -0.1) is 0 Å². The molecule has 0 fully saturated rings. The molecule has 0 heterocycles. The molecular formula is C8H17O6P. The van der Waals surface area contributed by atoms with Gasteiger partial charge in [0.15, 0.2) is 5.78 Å². The predicted molar refractivity (Wildman–Crippen MR) is 53.3 cm³/mol. The maximum Gasteiger partial charge on any atom is 0.472 e. The van der Waals surface area contributed by atoms with E-state index in [0.29, 0.717) is 6.42 Å². The first-order chi connectivity index (χ1) is 7.02. The Morgan fingerprint density at radius 3 is 2.53 bits per heavy atom. The topological polar surface area (TPSA) is 93.1 Å². The number of rotatable bonds is 9. The van der Waals surface area contributed by atoms with E-state index < -0.39 is 26.8 Å². The third-order valence-electron chi connectivity index (χ3n) is 1.57. The van der Waals surface area contributed by atoms with Crippen LogP contribution in [0.25, 0.3) is 0 Å². The molecule has 0 amide bonds. The summed E-state index contributed by atoms with van der Waals surface area (Å²) in [6.45, 7) is 0.789. The van der Waals surface area contributed by atoms with Crippen LogP contribution in [0.15, 0.2) is 0 Å². The van der Waals surface area contributed by atoms with Crippen molar-refractivity contribution in [1.82, 2.24) is 0 Å². The lowest BCUT2D eigenvalue weighted by molar-refractivity contribution is -0.124. The van der Waals surface area contributed by atoms with Crippen molar-refractivity contribution in [3.63, 3.8) is 0 Å². The Balaban J connectivity index is 3.67. The number of aliphatic hydroxyl groups is 1. The molecule has 1 atom stereocenters. The number of hydrogen-bond donors (Lipinski definition) is 2. The molecule has 0 aliphatic rings. The van der Waals surface area contributed by atoms with Gasteiger partial charge in [-0.05, 0) is 6.42 Å². The summed E-state index contributed by atoms with van der Waals surface area (Å²) in [6, 6.07) is 0. The van der Waals surface area contributed by atoms with E-state index in [2.05, 4.69) is 9.05 Å². The van der Waals surface area contributed by atoms with Crippen molar-refractivity contribution in [2.24, 2.45) is 0 Å². The van der Waals surface area contributed by atoms with Gasteiger partial charge in [-0.3, -0.25) is 13.8 Å². The summed E-state index contributed by atoms with van der Waals surface area (Å²) >= 11 is 0. The Labute approximate surface area is 88.8 Å². The Morgan fingerprint density at radius 2 is 2.00 bits per heavy atom. The van der Waals surface area contributed by atoms with Crippen LogP contribution >= 0.6 is 7.82 Å². The fraction of sp³-hybridized carbons (Fsp3) is 0.875. The zero-order chi connectivity index (χ0) is 11.7. The molecule has 0 aromatic heterocycles. The van der Waals surface area contributed by atoms with E-state index >= 15 is 0 Å². The quantitative estimate of drug-likeness (QED) is 0.459. The number of hydrogen-bond acceptors (Lipinski definition) is 5. The molecule has 90 valence electrons. The zero-order valence-corrected chi connectivity index (χ0v) is 9.61. The monoisotopic (exact) mass is 240 g/mol. The third kappa shape index (κ3) is 8.72. The smallest absolute Gasteiger partial charge is 0.388 e. The van der Waals surface area contributed by atoms with Crippen LogP contribution in [0, 0.1) is 0 Å².